The molecule has 1 rings (SSSR count). The zero-order chi connectivity index (χ0) is 9.14. The van der Waals surface area contributed by atoms with E-state index in [4.69, 9.17) is 9.84 Å². The number of ether oxygens (including phenoxy) is 1. The van der Waals surface area contributed by atoms with Gasteiger partial charge < -0.3 is 14.3 Å². The first-order valence-corrected chi connectivity index (χ1v) is 3.58. The molecule has 0 aromatic carbocycles. The van der Waals surface area contributed by atoms with Crippen LogP contribution in [0.25, 0.3) is 0 Å². The Bertz CT molecular complexity index is 274. The van der Waals surface area contributed by atoms with Crippen LogP contribution < -0.4 is 0 Å². The van der Waals surface area contributed by atoms with Crippen LogP contribution in [-0.4, -0.2) is 17.2 Å². The summed E-state index contributed by atoms with van der Waals surface area (Å²) in [5.41, 5.74) is 0.0590. The normalized spacial score (nSPS) is 10.2. The van der Waals surface area contributed by atoms with Gasteiger partial charge in [0.2, 0.25) is 0 Å². The van der Waals surface area contributed by atoms with E-state index in [1.165, 1.54) is 12.3 Å². The fourth-order valence-electron chi connectivity index (χ4n) is 0.734. The van der Waals surface area contributed by atoms with Crippen molar-refractivity contribution >= 4 is 5.97 Å². The lowest BCUT2D eigenvalue weighted by molar-refractivity contribution is 0.0372. The quantitative estimate of drug-likeness (QED) is 0.684. The van der Waals surface area contributed by atoms with Crippen LogP contribution in [0.3, 0.4) is 0 Å². The molecule has 0 fully saturated rings. The number of hydrogen-bond acceptors (Lipinski definition) is 4. The number of furan rings is 1. The zero-order valence-corrected chi connectivity index (χ0v) is 6.90. The molecule has 0 aliphatic carbocycles. The fraction of sp³-hybridized carbons (Fsp3) is 0.375. The molecule has 12 heavy (non-hydrogen) atoms. The maximum absolute atomic E-state index is 11.1. The summed E-state index contributed by atoms with van der Waals surface area (Å²) in [5.74, 6) is -0.975. The molecule has 0 amide bonds. The molecule has 0 spiro atoms. The van der Waals surface area contributed by atoms with Gasteiger partial charge in [-0.3, -0.25) is 0 Å². The Balaban J connectivity index is 2.72. The van der Waals surface area contributed by atoms with Crippen molar-refractivity contribution in [3.8, 4) is 5.95 Å². The maximum Gasteiger partial charge on any atom is 0.345 e. The van der Waals surface area contributed by atoms with Gasteiger partial charge in [-0.05, 0) is 19.9 Å². The van der Waals surface area contributed by atoms with E-state index in [2.05, 4.69) is 4.42 Å². The lowest BCUT2D eigenvalue weighted by Gasteiger charge is -2.05. The summed E-state index contributed by atoms with van der Waals surface area (Å²) in [6.07, 6.45) is 1.03. The Morgan fingerprint density at radius 2 is 2.33 bits per heavy atom. The van der Waals surface area contributed by atoms with Gasteiger partial charge in [-0.25, -0.2) is 4.79 Å². The van der Waals surface area contributed by atoms with Gasteiger partial charge in [-0.15, -0.1) is 0 Å². The summed E-state index contributed by atoms with van der Waals surface area (Å²) >= 11 is 0. The van der Waals surface area contributed by atoms with Gasteiger partial charge in [0.1, 0.15) is 5.56 Å². The second kappa shape index (κ2) is 3.30. The number of rotatable bonds is 2. The van der Waals surface area contributed by atoms with Crippen molar-refractivity contribution in [1.29, 1.82) is 0 Å². The Morgan fingerprint density at radius 3 is 2.75 bits per heavy atom. The van der Waals surface area contributed by atoms with Gasteiger partial charge in [-0.2, -0.15) is 0 Å². The smallest absolute Gasteiger partial charge is 0.345 e. The van der Waals surface area contributed by atoms with Gasteiger partial charge >= 0.3 is 5.97 Å². The van der Waals surface area contributed by atoms with Crippen LogP contribution in [0, 0.1) is 0 Å². The van der Waals surface area contributed by atoms with E-state index in [1.54, 1.807) is 13.8 Å². The Kier molecular flexibility index (Phi) is 2.38. The highest BCUT2D eigenvalue weighted by atomic mass is 16.5. The fourth-order valence-corrected chi connectivity index (χ4v) is 0.734. The average Bonchev–Trinajstić information content (AvgIpc) is 2.33. The van der Waals surface area contributed by atoms with Crippen LogP contribution in [0.2, 0.25) is 0 Å². The highest BCUT2D eigenvalue weighted by Gasteiger charge is 2.16. The molecular weight excluding hydrogens is 160 g/mol. The summed E-state index contributed by atoms with van der Waals surface area (Å²) in [7, 11) is 0. The van der Waals surface area contributed by atoms with E-state index < -0.39 is 11.9 Å². The first kappa shape index (κ1) is 8.64. The van der Waals surface area contributed by atoms with Crippen LogP contribution in [0.15, 0.2) is 16.7 Å². The Labute approximate surface area is 69.8 Å². The average molecular weight is 170 g/mol. The molecule has 0 radical (unpaired) electrons. The molecule has 66 valence electrons. The molecule has 0 aliphatic rings. The number of aromatic hydroxyl groups is 1. The summed E-state index contributed by atoms with van der Waals surface area (Å²) < 4.78 is 9.34. The van der Waals surface area contributed by atoms with E-state index in [0.29, 0.717) is 0 Å². The number of carbonyl (C=O) groups excluding carboxylic acids is 1. The van der Waals surface area contributed by atoms with Crippen molar-refractivity contribution < 1.29 is 19.1 Å². The predicted octanol–water partition coefficient (Wildman–Crippen LogP) is 1.55. The van der Waals surface area contributed by atoms with Crippen molar-refractivity contribution in [2.75, 3.05) is 0 Å². The summed E-state index contributed by atoms with van der Waals surface area (Å²) in [5, 5.41) is 8.97. The van der Waals surface area contributed by atoms with E-state index in [1.807, 2.05) is 0 Å². The standard InChI is InChI=1S/C8H10O4/c1-5(2)12-8(10)6-3-4-11-7(6)9/h3-5,9H,1-2H3. The number of hydrogen-bond donors (Lipinski definition) is 1. The summed E-state index contributed by atoms with van der Waals surface area (Å²) in [4.78, 5) is 11.1. The van der Waals surface area contributed by atoms with Crippen LogP contribution in [0.4, 0.5) is 0 Å². The molecule has 0 unspecified atom stereocenters. The maximum atomic E-state index is 11.1. The molecule has 0 saturated heterocycles. The molecule has 1 aromatic heterocycles. The van der Waals surface area contributed by atoms with E-state index in [9.17, 15) is 4.79 Å². The minimum Gasteiger partial charge on any atom is -0.480 e. The molecule has 0 bridgehead atoms. The van der Waals surface area contributed by atoms with Crippen molar-refractivity contribution in [3.05, 3.63) is 17.9 Å². The first-order chi connectivity index (χ1) is 5.61. The second-order valence-corrected chi connectivity index (χ2v) is 2.59. The van der Waals surface area contributed by atoms with Crippen LogP contribution in [-0.2, 0) is 4.74 Å². The van der Waals surface area contributed by atoms with Crippen molar-refractivity contribution in [3.63, 3.8) is 0 Å². The topological polar surface area (TPSA) is 59.7 Å². The van der Waals surface area contributed by atoms with Crippen LogP contribution in [0.5, 0.6) is 5.95 Å². The molecular formula is C8H10O4. The number of carbonyl (C=O) groups is 1. The highest BCUT2D eigenvalue weighted by Crippen LogP contribution is 2.18. The Hall–Kier alpha value is -1.45. The predicted molar refractivity (Wildman–Crippen MR) is 40.9 cm³/mol. The molecule has 4 heteroatoms. The number of esters is 1. The van der Waals surface area contributed by atoms with Crippen LogP contribution in [0.1, 0.15) is 24.2 Å². The third-order valence-electron chi connectivity index (χ3n) is 1.21. The highest BCUT2D eigenvalue weighted by molar-refractivity contribution is 5.91. The van der Waals surface area contributed by atoms with Crippen molar-refractivity contribution in [1.82, 2.24) is 0 Å². The molecule has 4 nitrogen and oxygen atoms in total. The third-order valence-corrected chi connectivity index (χ3v) is 1.21. The largest absolute Gasteiger partial charge is 0.480 e. The molecule has 0 aliphatic heterocycles. The monoisotopic (exact) mass is 170 g/mol. The van der Waals surface area contributed by atoms with Gasteiger partial charge in [0.05, 0.1) is 12.4 Å². The first-order valence-electron chi connectivity index (χ1n) is 3.58. The van der Waals surface area contributed by atoms with Gasteiger partial charge in [0.25, 0.3) is 5.95 Å². The minimum absolute atomic E-state index is 0.0590. The van der Waals surface area contributed by atoms with Crippen LogP contribution >= 0.6 is 0 Å². The van der Waals surface area contributed by atoms with Gasteiger partial charge in [-0.1, -0.05) is 0 Å². The Morgan fingerprint density at radius 1 is 1.67 bits per heavy atom. The van der Waals surface area contributed by atoms with Crippen molar-refractivity contribution in [2.45, 2.75) is 20.0 Å². The van der Waals surface area contributed by atoms with E-state index >= 15 is 0 Å². The van der Waals surface area contributed by atoms with Crippen molar-refractivity contribution in [2.24, 2.45) is 0 Å². The molecule has 1 N–H and O–H groups in total. The third kappa shape index (κ3) is 1.78. The molecule has 0 atom stereocenters. The van der Waals surface area contributed by atoms with E-state index in [-0.39, 0.29) is 11.7 Å². The molecule has 0 saturated carbocycles. The van der Waals surface area contributed by atoms with Gasteiger partial charge in [0, 0.05) is 0 Å². The molecule has 1 aromatic rings. The lowest BCUT2D eigenvalue weighted by Crippen LogP contribution is -2.10. The second-order valence-electron chi connectivity index (χ2n) is 2.59. The zero-order valence-electron chi connectivity index (χ0n) is 6.90. The summed E-state index contributed by atoms with van der Waals surface area (Å²) in [6, 6.07) is 1.36. The summed E-state index contributed by atoms with van der Waals surface area (Å²) in [6.45, 7) is 3.46. The van der Waals surface area contributed by atoms with Gasteiger partial charge in [0.15, 0.2) is 0 Å². The lowest BCUT2D eigenvalue weighted by atomic mass is 10.3. The minimum atomic E-state index is -0.573. The molecule has 1 heterocycles. The van der Waals surface area contributed by atoms with E-state index in [0.717, 1.165) is 0 Å². The SMILES string of the molecule is CC(C)OC(=O)c1ccoc1O.